The van der Waals surface area contributed by atoms with E-state index >= 15 is 0 Å². The number of carbonyl (C=O) groups is 1. The van der Waals surface area contributed by atoms with Crippen LogP contribution in [0, 0.1) is 11.8 Å². The summed E-state index contributed by atoms with van der Waals surface area (Å²) in [6.45, 7) is 3.35. The average molecular weight is 257 g/mol. The number of likely N-dealkylation sites (tertiary alicyclic amines) is 1. The van der Waals surface area contributed by atoms with E-state index < -0.39 is 0 Å². The second-order valence-electron chi connectivity index (χ2n) is 6.16. The van der Waals surface area contributed by atoms with E-state index in [1.165, 1.54) is 24.9 Å². The van der Waals surface area contributed by atoms with Crippen molar-refractivity contribution >= 4 is 5.78 Å². The molecule has 2 nitrogen and oxygen atoms in total. The van der Waals surface area contributed by atoms with E-state index in [0.717, 1.165) is 38.3 Å². The summed E-state index contributed by atoms with van der Waals surface area (Å²) in [6.07, 6.45) is 5.42. The number of hydrogen-bond donors (Lipinski definition) is 0. The van der Waals surface area contributed by atoms with E-state index in [0.29, 0.717) is 11.7 Å². The zero-order valence-corrected chi connectivity index (χ0v) is 11.6. The van der Waals surface area contributed by atoms with Crippen LogP contribution in [0.1, 0.15) is 37.7 Å². The predicted octanol–water partition coefficient (Wildman–Crippen LogP) is 3.27. The maximum Gasteiger partial charge on any atom is 0.133 e. The molecule has 1 saturated heterocycles. The van der Waals surface area contributed by atoms with Crippen molar-refractivity contribution in [3.63, 3.8) is 0 Å². The molecule has 0 bridgehead atoms. The highest BCUT2D eigenvalue weighted by Crippen LogP contribution is 2.34. The van der Waals surface area contributed by atoms with Gasteiger partial charge in [-0.3, -0.25) is 9.69 Å². The van der Waals surface area contributed by atoms with Crippen LogP contribution in [-0.2, 0) is 11.3 Å². The Bertz CT molecular complexity index is 428. The second kappa shape index (κ2) is 5.87. The Labute approximate surface area is 115 Å². The number of rotatable bonds is 2. The van der Waals surface area contributed by atoms with E-state index in [9.17, 15) is 4.79 Å². The highest BCUT2D eigenvalue weighted by molar-refractivity contribution is 5.79. The van der Waals surface area contributed by atoms with Crippen molar-refractivity contribution < 1.29 is 4.79 Å². The third-order valence-electron chi connectivity index (χ3n) is 4.74. The topological polar surface area (TPSA) is 20.3 Å². The van der Waals surface area contributed by atoms with Crippen molar-refractivity contribution in [2.75, 3.05) is 13.1 Å². The first kappa shape index (κ1) is 12.9. The highest BCUT2D eigenvalue weighted by atomic mass is 16.1. The van der Waals surface area contributed by atoms with Crippen molar-refractivity contribution in [2.45, 2.75) is 38.6 Å². The molecule has 3 rings (SSSR count). The lowest BCUT2D eigenvalue weighted by molar-refractivity contribution is -0.122. The van der Waals surface area contributed by atoms with Gasteiger partial charge < -0.3 is 0 Å². The van der Waals surface area contributed by atoms with Crippen LogP contribution in [-0.4, -0.2) is 23.8 Å². The molecule has 2 aliphatic rings. The Balaban J connectivity index is 1.65. The molecule has 19 heavy (non-hydrogen) atoms. The van der Waals surface area contributed by atoms with Crippen LogP contribution in [0.2, 0.25) is 0 Å². The van der Waals surface area contributed by atoms with Crippen molar-refractivity contribution in [3.8, 4) is 0 Å². The third-order valence-corrected chi connectivity index (χ3v) is 4.74. The molecule has 1 aliphatic heterocycles. The lowest BCUT2D eigenvalue weighted by atomic mass is 9.77. The minimum absolute atomic E-state index is 0.489. The molecular weight excluding hydrogens is 234 g/mol. The lowest BCUT2D eigenvalue weighted by Gasteiger charge is -2.31. The molecule has 1 aromatic carbocycles. The Kier molecular flexibility index (Phi) is 3.97. The average Bonchev–Trinajstić information content (AvgIpc) is 2.61. The summed E-state index contributed by atoms with van der Waals surface area (Å²) in [7, 11) is 0. The summed E-state index contributed by atoms with van der Waals surface area (Å²) in [5, 5.41) is 0. The van der Waals surface area contributed by atoms with Gasteiger partial charge in [-0.25, -0.2) is 0 Å². The van der Waals surface area contributed by atoms with Crippen molar-refractivity contribution in [1.82, 2.24) is 4.90 Å². The van der Waals surface area contributed by atoms with Gasteiger partial charge in [0.2, 0.25) is 0 Å². The van der Waals surface area contributed by atoms with Gasteiger partial charge >= 0.3 is 0 Å². The second-order valence-corrected chi connectivity index (χ2v) is 6.16. The molecule has 0 spiro atoms. The molecule has 102 valence electrons. The van der Waals surface area contributed by atoms with Crippen LogP contribution in [0.15, 0.2) is 30.3 Å². The van der Waals surface area contributed by atoms with Crippen LogP contribution in [0.3, 0.4) is 0 Å². The van der Waals surface area contributed by atoms with Gasteiger partial charge in [0.15, 0.2) is 0 Å². The SMILES string of the molecule is O=C1CCC2CCCN(Cc3ccccc3)CC2C1. The smallest absolute Gasteiger partial charge is 0.133 e. The Morgan fingerprint density at radius 2 is 1.95 bits per heavy atom. The van der Waals surface area contributed by atoms with Gasteiger partial charge in [0.1, 0.15) is 5.78 Å². The lowest BCUT2D eigenvalue weighted by Crippen LogP contribution is -2.33. The first-order valence-electron chi connectivity index (χ1n) is 7.59. The summed E-state index contributed by atoms with van der Waals surface area (Å²) in [5.74, 6) is 1.91. The normalized spacial score (nSPS) is 28.7. The van der Waals surface area contributed by atoms with Crippen LogP contribution >= 0.6 is 0 Å². The molecule has 0 N–H and O–H groups in total. The van der Waals surface area contributed by atoms with Gasteiger partial charge in [-0.2, -0.15) is 0 Å². The summed E-state index contributed by atoms with van der Waals surface area (Å²) in [4.78, 5) is 14.2. The summed E-state index contributed by atoms with van der Waals surface area (Å²) in [5.41, 5.74) is 1.39. The fourth-order valence-corrected chi connectivity index (χ4v) is 3.72. The quantitative estimate of drug-likeness (QED) is 0.810. The van der Waals surface area contributed by atoms with Gasteiger partial charge in [-0.05, 0) is 43.2 Å². The number of carbonyl (C=O) groups excluding carboxylic acids is 1. The molecule has 2 heteroatoms. The van der Waals surface area contributed by atoms with E-state index in [4.69, 9.17) is 0 Å². The molecule has 0 aromatic heterocycles. The van der Waals surface area contributed by atoms with Gasteiger partial charge in [0.25, 0.3) is 0 Å². The van der Waals surface area contributed by atoms with Crippen LogP contribution in [0.4, 0.5) is 0 Å². The molecule has 1 heterocycles. The van der Waals surface area contributed by atoms with Crippen LogP contribution in [0.25, 0.3) is 0 Å². The van der Waals surface area contributed by atoms with Crippen molar-refractivity contribution in [2.24, 2.45) is 11.8 Å². The van der Waals surface area contributed by atoms with Crippen LogP contribution in [0.5, 0.6) is 0 Å². The van der Waals surface area contributed by atoms with E-state index in [1.54, 1.807) is 0 Å². The van der Waals surface area contributed by atoms with Gasteiger partial charge in [-0.15, -0.1) is 0 Å². The first-order valence-corrected chi connectivity index (χ1v) is 7.59. The number of nitrogens with zero attached hydrogens (tertiary/aromatic N) is 1. The first-order chi connectivity index (χ1) is 9.31. The summed E-state index contributed by atoms with van der Waals surface area (Å²) < 4.78 is 0. The molecule has 2 unspecified atom stereocenters. The monoisotopic (exact) mass is 257 g/mol. The summed E-state index contributed by atoms with van der Waals surface area (Å²) in [6, 6.07) is 10.7. The zero-order valence-electron chi connectivity index (χ0n) is 11.6. The van der Waals surface area contributed by atoms with E-state index in [1.807, 2.05) is 0 Å². The fourth-order valence-electron chi connectivity index (χ4n) is 3.72. The Morgan fingerprint density at radius 3 is 2.79 bits per heavy atom. The minimum Gasteiger partial charge on any atom is -0.300 e. The number of hydrogen-bond acceptors (Lipinski definition) is 2. The Morgan fingerprint density at radius 1 is 1.11 bits per heavy atom. The zero-order chi connectivity index (χ0) is 13.1. The Hall–Kier alpha value is -1.15. The predicted molar refractivity (Wildman–Crippen MR) is 76.8 cm³/mol. The third kappa shape index (κ3) is 3.24. The molecule has 1 aliphatic carbocycles. The van der Waals surface area contributed by atoms with Crippen LogP contribution < -0.4 is 0 Å². The molecule has 1 saturated carbocycles. The number of Topliss-reactive ketones (excluding diaryl/α,β-unsaturated/α-hetero) is 1. The maximum atomic E-state index is 11.7. The molecule has 2 atom stereocenters. The maximum absolute atomic E-state index is 11.7. The number of benzene rings is 1. The highest BCUT2D eigenvalue weighted by Gasteiger charge is 2.32. The molecule has 0 radical (unpaired) electrons. The molecule has 0 amide bonds. The standard InChI is InChI=1S/C17H23NO/c19-17-9-8-15-7-4-10-18(13-16(15)11-17)12-14-5-2-1-3-6-14/h1-3,5-6,15-16H,4,7-13H2. The van der Waals surface area contributed by atoms with E-state index in [2.05, 4.69) is 35.2 Å². The van der Waals surface area contributed by atoms with E-state index in [-0.39, 0.29) is 0 Å². The van der Waals surface area contributed by atoms with Gasteiger partial charge in [0, 0.05) is 25.9 Å². The number of ketones is 1. The minimum atomic E-state index is 0.489. The largest absolute Gasteiger partial charge is 0.300 e. The summed E-state index contributed by atoms with van der Waals surface area (Å²) >= 11 is 0. The molecular formula is C17H23NO. The van der Waals surface area contributed by atoms with Gasteiger partial charge in [-0.1, -0.05) is 30.3 Å². The molecule has 2 fully saturated rings. The number of fused-ring (bicyclic) bond motifs is 1. The fraction of sp³-hybridized carbons (Fsp3) is 0.588. The van der Waals surface area contributed by atoms with Gasteiger partial charge in [0.05, 0.1) is 0 Å². The molecule has 1 aromatic rings. The van der Waals surface area contributed by atoms with Crippen molar-refractivity contribution in [3.05, 3.63) is 35.9 Å². The van der Waals surface area contributed by atoms with Crippen molar-refractivity contribution in [1.29, 1.82) is 0 Å².